The summed E-state index contributed by atoms with van der Waals surface area (Å²) in [5, 5.41) is 3.42. The summed E-state index contributed by atoms with van der Waals surface area (Å²) in [5.74, 6) is -0.760. The smallest absolute Gasteiger partial charge is 0.408 e. The second-order valence-electron chi connectivity index (χ2n) is 8.88. The molecule has 3 rings (SSSR count). The lowest BCUT2D eigenvalue weighted by atomic mass is 10.0. The highest BCUT2D eigenvalue weighted by Crippen LogP contribution is 2.32. The Labute approximate surface area is 203 Å². The average molecular weight is 486 g/mol. The summed E-state index contributed by atoms with van der Waals surface area (Å²) in [6, 6.07) is 12.0. The van der Waals surface area contributed by atoms with Crippen LogP contribution in [0.2, 0.25) is 5.02 Å². The van der Waals surface area contributed by atoms with Crippen molar-refractivity contribution in [2.45, 2.75) is 58.6 Å². The van der Waals surface area contributed by atoms with Crippen LogP contribution >= 0.6 is 11.6 Å². The summed E-state index contributed by atoms with van der Waals surface area (Å²) in [6.45, 7) is 7.23. The first kappa shape index (κ1) is 25.3. The Morgan fingerprint density at radius 1 is 1.12 bits per heavy atom. The molecule has 0 aliphatic rings. The van der Waals surface area contributed by atoms with Gasteiger partial charge >= 0.3 is 17.7 Å². The fourth-order valence-electron chi connectivity index (χ4n) is 3.40. The van der Waals surface area contributed by atoms with Crippen LogP contribution in [0, 0.1) is 0 Å². The van der Waals surface area contributed by atoms with Gasteiger partial charge in [-0.1, -0.05) is 55.3 Å². The van der Waals surface area contributed by atoms with E-state index in [2.05, 4.69) is 12.2 Å². The molecule has 0 fully saturated rings. The number of unbranched alkanes of at least 4 members (excludes halogenated alkanes) is 1. The van der Waals surface area contributed by atoms with Gasteiger partial charge in [0.05, 0.1) is 5.02 Å². The third-order valence-corrected chi connectivity index (χ3v) is 5.22. The third-order valence-electron chi connectivity index (χ3n) is 4.92. The molecule has 180 valence electrons. The Kier molecular flexibility index (Phi) is 7.99. The van der Waals surface area contributed by atoms with Crippen molar-refractivity contribution in [1.82, 2.24) is 5.32 Å². The Hall–Kier alpha value is -3.32. The molecule has 2 aromatic carbocycles. The van der Waals surface area contributed by atoms with Crippen LogP contribution in [0.4, 0.5) is 4.79 Å². The summed E-state index contributed by atoms with van der Waals surface area (Å²) in [4.78, 5) is 37.6. The zero-order valence-electron chi connectivity index (χ0n) is 19.6. The minimum absolute atomic E-state index is 0.0156. The molecule has 7 nitrogen and oxygen atoms in total. The first-order chi connectivity index (χ1) is 16.1. The highest BCUT2D eigenvalue weighted by molar-refractivity contribution is 6.33. The molecule has 0 unspecified atom stereocenters. The molecule has 34 heavy (non-hydrogen) atoms. The van der Waals surface area contributed by atoms with Gasteiger partial charge in [0.15, 0.2) is 11.8 Å². The van der Waals surface area contributed by atoms with Gasteiger partial charge in [-0.05, 0) is 50.8 Å². The summed E-state index contributed by atoms with van der Waals surface area (Å²) >= 11 is 6.43. The second-order valence-corrected chi connectivity index (χ2v) is 9.29. The number of benzene rings is 2. The third kappa shape index (κ3) is 6.60. The fraction of sp³-hybridized carbons (Fsp3) is 0.346. The van der Waals surface area contributed by atoms with E-state index in [9.17, 15) is 14.4 Å². The first-order valence-corrected chi connectivity index (χ1v) is 11.5. The van der Waals surface area contributed by atoms with Gasteiger partial charge in [-0.25, -0.2) is 14.4 Å². The van der Waals surface area contributed by atoms with E-state index in [-0.39, 0.29) is 16.4 Å². The van der Waals surface area contributed by atoms with E-state index in [1.807, 2.05) is 0 Å². The van der Waals surface area contributed by atoms with Gasteiger partial charge in [0.1, 0.15) is 11.2 Å². The molecule has 0 aliphatic carbocycles. The summed E-state index contributed by atoms with van der Waals surface area (Å²) in [5.41, 5.74) is 0.351. The number of aryl methyl sites for hydroxylation is 1. The maximum atomic E-state index is 13.1. The van der Waals surface area contributed by atoms with Crippen LogP contribution in [0.1, 0.15) is 57.7 Å². The quantitative estimate of drug-likeness (QED) is 0.252. The van der Waals surface area contributed by atoms with Crippen LogP contribution in [-0.2, 0) is 16.0 Å². The number of nitrogens with one attached hydrogen (secondary N) is 1. The molecule has 1 N–H and O–H groups in total. The highest BCUT2D eigenvalue weighted by atomic mass is 35.5. The van der Waals surface area contributed by atoms with Crippen molar-refractivity contribution in [2.24, 2.45) is 0 Å². The fourth-order valence-corrected chi connectivity index (χ4v) is 3.60. The molecule has 0 spiro atoms. The summed E-state index contributed by atoms with van der Waals surface area (Å²) < 4.78 is 16.2. The number of ether oxygens (including phenoxy) is 2. The van der Waals surface area contributed by atoms with Gasteiger partial charge in [-0.2, -0.15) is 0 Å². The van der Waals surface area contributed by atoms with Gasteiger partial charge in [-0.3, -0.25) is 0 Å². The molecule has 0 radical (unpaired) electrons. The number of hydrogen-bond donors (Lipinski definition) is 1. The maximum Gasteiger partial charge on any atom is 0.408 e. The number of carbonyl (C=O) groups is 2. The predicted molar refractivity (Wildman–Crippen MR) is 130 cm³/mol. The molecule has 0 saturated heterocycles. The van der Waals surface area contributed by atoms with Crippen molar-refractivity contribution in [2.75, 3.05) is 0 Å². The molecule has 1 amide bonds. The molecule has 8 heteroatoms. The lowest BCUT2D eigenvalue weighted by Crippen LogP contribution is -2.39. The van der Waals surface area contributed by atoms with Crippen LogP contribution < -0.4 is 15.7 Å². The Bertz CT molecular complexity index is 1230. The number of amides is 1. The molecule has 0 aliphatic heterocycles. The largest absolute Gasteiger partial charge is 0.444 e. The monoisotopic (exact) mass is 485 g/mol. The van der Waals surface area contributed by atoms with Crippen LogP contribution in [0.15, 0.2) is 57.7 Å². The predicted octanol–water partition coefficient (Wildman–Crippen LogP) is 5.96. The summed E-state index contributed by atoms with van der Waals surface area (Å²) in [7, 11) is 0. The molecule has 0 saturated carbocycles. The molecule has 3 aromatic rings. The van der Waals surface area contributed by atoms with Gasteiger partial charge < -0.3 is 19.2 Å². The molecule has 1 aromatic heterocycles. The zero-order chi connectivity index (χ0) is 24.9. The van der Waals surface area contributed by atoms with E-state index in [0.29, 0.717) is 17.4 Å². The van der Waals surface area contributed by atoms with E-state index >= 15 is 0 Å². The number of carbonyl (C=O) groups excluding carboxylic acids is 2. The van der Waals surface area contributed by atoms with E-state index in [0.717, 1.165) is 18.4 Å². The number of esters is 1. The molecule has 0 bridgehead atoms. The van der Waals surface area contributed by atoms with Crippen molar-refractivity contribution >= 4 is 34.6 Å². The van der Waals surface area contributed by atoms with E-state index < -0.39 is 29.3 Å². The maximum absolute atomic E-state index is 13.1. The van der Waals surface area contributed by atoms with Crippen molar-refractivity contribution in [3.05, 3.63) is 75.1 Å². The van der Waals surface area contributed by atoms with E-state index in [1.165, 1.54) is 12.1 Å². The first-order valence-electron chi connectivity index (χ1n) is 11.1. The normalized spacial score (nSPS) is 12.3. The molecule has 1 atom stereocenters. The number of fused-ring (bicyclic) bond motifs is 1. The van der Waals surface area contributed by atoms with Crippen molar-refractivity contribution in [3.63, 3.8) is 0 Å². The minimum Gasteiger partial charge on any atom is -0.444 e. The Morgan fingerprint density at radius 2 is 1.82 bits per heavy atom. The van der Waals surface area contributed by atoms with Crippen LogP contribution in [-0.4, -0.2) is 17.7 Å². The standard InChI is InChI=1S/C26H28ClNO6/c1-5-6-10-17-13-22(29)32-20-15-21(19(27)14-18(17)20)33-24(30)23(16-11-8-7-9-12-16)28-25(31)34-26(2,3)4/h7-9,11-15,23H,5-6,10H2,1-4H3,(H,28,31)/t23-/m0/s1. The highest BCUT2D eigenvalue weighted by Gasteiger charge is 2.28. The van der Waals surface area contributed by atoms with Gasteiger partial charge in [-0.15, -0.1) is 0 Å². The van der Waals surface area contributed by atoms with Crippen molar-refractivity contribution in [1.29, 1.82) is 0 Å². The average Bonchev–Trinajstić information content (AvgIpc) is 2.76. The van der Waals surface area contributed by atoms with E-state index in [4.69, 9.17) is 25.5 Å². The summed E-state index contributed by atoms with van der Waals surface area (Å²) in [6.07, 6.45) is 1.80. The van der Waals surface area contributed by atoms with Gasteiger partial charge in [0.2, 0.25) is 0 Å². The molecular weight excluding hydrogens is 458 g/mol. The molecular formula is C26H28ClNO6. The van der Waals surface area contributed by atoms with E-state index in [1.54, 1.807) is 57.2 Å². The van der Waals surface area contributed by atoms with Crippen molar-refractivity contribution < 1.29 is 23.5 Å². The van der Waals surface area contributed by atoms with Crippen LogP contribution in [0.25, 0.3) is 11.0 Å². The van der Waals surface area contributed by atoms with Crippen LogP contribution in [0.3, 0.4) is 0 Å². The number of rotatable bonds is 7. The second kappa shape index (κ2) is 10.7. The lowest BCUT2D eigenvalue weighted by Gasteiger charge is -2.23. The number of hydrogen-bond acceptors (Lipinski definition) is 6. The Morgan fingerprint density at radius 3 is 2.47 bits per heavy atom. The van der Waals surface area contributed by atoms with Crippen LogP contribution in [0.5, 0.6) is 5.75 Å². The van der Waals surface area contributed by atoms with Gasteiger partial charge in [0.25, 0.3) is 0 Å². The van der Waals surface area contributed by atoms with Crippen molar-refractivity contribution in [3.8, 4) is 5.75 Å². The topological polar surface area (TPSA) is 94.8 Å². The molecule has 1 heterocycles. The Balaban J connectivity index is 1.92. The minimum atomic E-state index is -1.15. The zero-order valence-corrected chi connectivity index (χ0v) is 20.4. The number of halogens is 1. The number of alkyl carbamates (subject to hydrolysis) is 1. The SMILES string of the molecule is CCCCc1cc(=O)oc2cc(OC(=O)[C@@H](NC(=O)OC(C)(C)C)c3ccccc3)c(Cl)cc12. The van der Waals surface area contributed by atoms with Gasteiger partial charge in [0, 0.05) is 17.5 Å². The lowest BCUT2D eigenvalue weighted by molar-refractivity contribution is -0.137.